The molecule has 0 aromatic carbocycles. The van der Waals surface area contributed by atoms with E-state index in [0.29, 0.717) is 19.0 Å². The van der Waals surface area contributed by atoms with Crippen LogP contribution in [-0.4, -0.2) is 30.2 Å². The van der Waals surface area contributed by atoms with Crippen LogP contribution in [0.4, 0.5) is 4.79 Å². The average Bonchev–Trinajstić information content (AvgIpc) is 2.88. The molecule has 0 bridgehead atoms. The van der Waals surface area contributed by atoms with Crippen LogP contribution in [0.3, 0.4) is 0 Å². The second kappa shape index (κ2) is 9.42. The Bertz CT molecular complexity index is 378. The van der Waals surface area contributed by atoms with Crippen molar-refractivity contribution in [3.8, 4) is 0 Å². The number of nitrogens with one attached hydrogen (secondary N) is 2. The average molecular weight is 296 g/mol. The van der Waals surface area contributed by atoms with Crippen LogP contribution in [0.5, 0.6) is 0 Å². The predicted molar refractivity (Wildman–Crippen MR) is 83.2 cm³/mol. The van der Waals surface area contributed by atoms with Crippen molar-refractivity contribution >= 4 is 12.0 Å². The predicted octanol–water partition coefficient (Wildman–Crippen LogP) is 2.92. The summed E-state index contributed by atoms with van der Waals surface area (Å²) < 4.78 is 0. The van der Waals surface area contributed by atoms with Gasteiger partial charge in [-0.15, -0.1) is 0 Å². The molecule has 21 heavy (non-hydrogen) atoms. The summed E-state index contributed by atoms with van der Waals surface area (Å²) in [6.07, 6.45) is 7.62. The van der Waals surface area contributed by atoms with E-state index in [1.165, 1.54) is 12.0 Å². The van der Waals surface area contributed by atoms with Crippen molar-refractivity contribution in [1.82, 2.24) is 10.6 Å². The first kappa shape index (κ1) is 17.5. The Labute approximate surface area is 127 Å². The van der Waals surface area contributed by atoms with Gasteiger partial charge in [0.25, 0.3) is 0 Å². The van der Waals surface area contributed by atoms with E-state index < -0.39 is 5.97 Å². The molecular weight excluding hydrogens is 268 g/mol. The van der Waals surface area contributed by atoms with Gasteiger partial charge in [-0.1, -0.05) is 25.5 Å². The zero-order valence-electron chi connectivity index (χ0n) is 13.2. The van der Waals surface area contributed by atoms with E-state index in [2.05, 4.69) is 30.6 Å². The molecule has 1 rings (SSSR count). The molecule has 0 aromatic heterocycles. The van der Waals surface area contributed by atoms with Crippen LogP contribution in [0.25, 0.3) is 0 Å². The number of carbonyl (C=O) groups excluding carboxylic acids is 1. The topological polar surface area (TPSA) is 78.4 Å². The molecule has 0 saturated carbocycles. The molecule has 2 amide bonds. The summed E-state index contributed by atoms with van der Waals surface area (Å²) in [4.78, 5) is 22.5. The summed E-state index contributed by atoms with van der Waals surface area (Å²) in [5.41, 5.74) is 1.43. The van der Waals surface area contributed by atoms with Gasteiger partial charge >= 0.3 is 12.0 Å². The largest absolute Gasteiger partial charge is 0.481 e. The normalized spacial score (nSPS) is 15.7. The number of urea groups is 1. The number of amides is 2. The molecule has 5 nitrogen and oxygen atoms in total. The van der Waals surface area contributed by atoms with Gasteiger partial charge in [-0.3, -0.25) is 4.79 Å². The van der Waals surface area contributed by atoms with Gasteiger partial charge in [0, 0.05) is 19.5 Å². The Hall–Kier alpha value is -1.52. The van der Waals surface area contributed by atoms with Crippen LogP contribution in [0, 0.1) is 11.8 Å². The highest BCUT2D eigenvalue weighted by molar-refractivity contribution is 5.74. The van der Waals surface area contributed by atoms with Gasteiger partial charge in [0.2, 0.25) is 0 Å². The smallest absolute Gasteiger partial charge is 0.314 e. The van der Waals surface area contributed by atoms with Gasteiger partial charge in [-0.25, -0.2) is 4.79 Å². The lowest BCUT2D eigenvalue weighted by atomic mass is 9.94. The van der Waals surface area contributed by atoms with Crippen LogP contribution < -0.4 is 10.6 Å². The van der Waals surface area contributed by atoms with Crippen LogP contribution in [0.1, 0.15) is 52.4 Å². The molecule has 0 spiro atoms. The maximum Gasteiger partial charge on any atom is 0.314 e. The minimum absolute atomic E-state index is 0.00853. The molecule has 1 aliphatic rings. The van der Waals surface area contributed by atoms with Crippen molar-refractivity contribution in [2.45, 2.75) is 52.4 Å². The minimum Gasteiger partial charge on any atom is -0.481 e. The Morgan fingerprint density at radius 2 is 2.10 bits per heavy atom. The summed E-state index contributed by atoms with van der Waals surface area (Å²) in [5.74, 6) is -0.393. The van der Waals surface area contributed by atoms with Crippen LogP contribution in [0.2, 0.25) is 0 Å². The van der Waals surface area contributed by atoms with E-state index in [1.54, 1.807) is 0 Å². The quantitative estimate of drug-likeness (QED) is 0.572. The number of hydrogen-bond donors (Lipinski definition) is 3. The third-order valence-electron chi connectivity index (χ3n) is 3.69. The van der Waals surface area contributed by atoms with Gasteiger partial charge in [0.05, 0.1) is 0 Å². The van der Waals surface area contributed by atoms with Crippen LogP contribution in [-0.2, 0) is 4.79 Å². The SMILES string of the molecule is CC(C)CC(CNC(=O)NCCC1=CCCC1)CC(=O)O. The fourth-order valence-electron chi connectivity index (χ4n) is 2.75. The molecule has 0 fully saturated rings. The number of carbonyl (C=O) groups is 2. The number of allylic oxidation sites excluding steroid dienone is 1. The van der Waals surface area contributed by atoms with Crippen molar-refractivity contribution in [2.75, 3.05) is 13.1 Å². The van der Waals surface area contributed by atoms with Crippen molar-refractivity contribution in [3.05, 3.63) is 11.6 Å². The third kappa shape index (κ3) is 8.38. The monoisotopic (exact) mass is 296 g/mol. The molecular formula is C16H28N2O3. The van der Waals surface area contributed by atoms with Gasteiger partial charge in [0.1, 0.15) is 0 Å². The zero-order chi connectivity index (χ0) is 15.7. The van der Waals surface area contributed by atoms with Gasteiger partial charge < -0.3 is 15.7 Å². The van der Waals surface area contributed by atoms with E-state index in [0.717, 1.165) is 25.7 Å². The van der Waals surface area contributed by atoms with Gasteiger partial charge in [0.15, 0.2) is 0 Å². The van der Waals surface area contributed by atoms with E-state index in [4.69, 9.17) is 5.11 Å². The summed E-state index contributed by atoms with van der Waals surface area (Å²) in [7, 11) is 0. The maximum atomic E-state index is 11.7. The highest BCUT2D eigenvalue weighted by atomic mass is 16.4. The number of carboxylic acids is 1. The standard InChI is InChI=1S/C16H28N2O3/c1-12(2)9-14(10-15(19)20)11-18-16(21)17-8-7-13-5-3-4-6-13/h5,12,14H,3-4,6-11H2,1-2H3,(H,19,20)(H2,17,18,21). The van der Waals surface area contributed by atoms with E-state index in [1.807, 2.05) is 0 Å². The number of carboxylic acid groups (broad SMARTS) is 1. The Morgan fingerprint density at radius 1 is 1.33 bits per heavy atom. The Balaban J connectivity index is 2.20. The zero-order valence-corrected chi connectivity index (χ0v) is 13.2. The Kier molecular flexibility index (Phi) is 7.87. The summed E-state index contributed by atoms with van der Waals surface area (Å²) in [6.45, 7) is 5.18. The van der Waals surface area contributed by atoms with E-state index in [9.17, 15) is 9.59 Å². The second-order valence-corrected chi connectivity index (χ2v) is 6.23. The van der Waals surface area contributed by atoms with Crippen molar-refractivity contribution in [1.29, 1.82) is 0 Å². The highest BCUT2D eigenvalue weighted by Gasteiger charge is 2.16. The van der Waals surface area contributed by atoms with Crippen molar-refractivity contribution in [3.63, 3.8) is 0 Å². The lowest BCUT2D eigenvalue weighted by molar-refractivity contribution is -0.138. The fraction of sp³-hybridized carbons (Fsp3) is 0.750. The van der Waals surface area contributed by atoms with E-state index >= 15 is 0 Å². The first-order chi connectivity index (χ1) is 9.97. The molecule has 0 heterocycles. The second-order valence-electron chi connectivity index (χ2n) is 6.23. The lowest BCUT2D eigenvalue weighted by Gasteiger charge is -2.18. The molecule has 1 atom stereocenters. The molecule has 1 unspecified atom stereocenters. The van der Waals surface area contributed by atoms with Gasteiger partial charge in [-0.2, -0.15) is 0 Å². The minimum atomic E-state index is -0.809. The van der Waals surface area contributed by atoms with Crippen molar-refractivity contribution < 1.29 is 14.7 Å². The molecule has 0 aliphatic heterocycles. The number of aliphatic carboxylic acids is 1. The molecule has 5 heteroatoms. The van der Waals surface area contributed by atoms with Crippen molar-refractivity contribution in [2.24, 2.45) is 11.8 Å². The molecule has 0 radical (unpaired) electrons. The van der Waals surface area contributed by atoms with E-state index in [-0.39, 0.29) is 18.4 Å². The molecule has 1 aliphatic carbocycles. The van der Waals surface area contributed by atoms with Gasteiger partial charge in [-0.05, 0) is 43.9 Å². The molecule has 120 valence electrons. The van der Waals surface area contributed by atoms with Crippen LogP contribution in [0.15, 0.2) is 11.6 Å². The first-order valence-corrected chi connectivity index (χ1v) is 7.88. The maximum absolute atomic E-state index is 11.7. The molecule has 3 N–H and O–H groups in total. The third-order valence-corrected chi connectivity index (χ3v) is 3.69. The summed E-state index contributed by atoms with van der Waals surface area (Å²) in [5, 5.41) is 14.5. The first-order valence-electron chi connectivity index (χ1n) is 7.88. The summed E-state index contributed by atoms with van der Waals surface area (Å²) in [6, 6.07) is -0.201. The molecule has 0 saturated heterocycles. The number of hydrogen-bond acceptors (Lipinski definition) is 2. The fourth-order valence-corrected chi connectivity index (χ4v) is 2.75. The highest BCUT2D eigenvalue weighted by Crippen LogP contribution is 2.19. The number of rotatable bonds is 9. The molecule has 0 aromatic rings. The summed E-state index contributed by atoms with van der Waals surface area (Å²) >= 11 is 0. The van der Waals surface area contributed by atoms with Crippen LogP contribution >= 0.6 is 0 Å². The Morgan fingerprint density at radius 3 is 2.67 bits per heavy atom. The lowest BCUT2D eigenvalue weighted by Crippen LogP contribution is -2.39.